The Kier molecular flexibility index (Phi) is 6.57. The summed E-state index contributed by atoms with van der Waals surface area (Å²) in [6, 6.07) is 8.37. The number of ether oxygens (including phenoxy) is 2. The van der Waals surface area contributed by atoms with Crippen molar-refractivity contribution in [1.29, 1.82) is 10.5 Å². The number of benzene rings is 1. The molecule has 116 valence electrons. The molecule has 0 radical (unpaired) electrons. The summed E-state index contributed by atoms with van der Waals surface area (Å²) in [6.07, 6.45) is 4.61. The second-order valence-electron chi connectivity index (χ2n) is 4.13. The van der Waals surface area contributed by atoms with Gasteiger partial charge in [0.2, 0.25) is 0 Å². The average Bonchev–Trinajstić information content (AvgIpc) is 2.54. The van der Waals surface area contributed by atoms with Crippen LogP contribution in [-0.4, -0.2) is 19.3 Å². The fraction of sp³-hybridized carbons (Fsp3) is 0.125. The van der Waals surface area contributed by atoms with E-state index in [0.29, 0.717) is 11.5 Å². The minimum atomic E-state index is -0.440. The molecule has 0 amide bonds. The molecule has 2 N–H and O–H groups in total. The zero-order chi connectivity index (χ0) is 17.2. The lowest BCUT2D eigenvalue weighted by atomic mass is 10.2. The molecule has 1 rings (SSSR count). The van der Waals surface area contributed by atoms with Crippen molar-refractivity contribution >= 4 is 18.3 Å². The van der Waals surface area contributed by atoms with E-state index < -0.39 is 5.97 Å². The number of methoxy groups -OCH3 is 1. The maximum atomic E-state index is 11.0. The summed E-state index contributed by atoms with van der Waals surface area (Å²) in [4.78, 5) is 14.8. The van der Waals surface area contributed by atoms with Gasteiger partial charge in [-0.15, -0.1) is 0 Å². The average molecular weight is 310 g/mol. The first-order valence-corrected chi connectivity index (χ1v) is 6.39. The number of nitriles is 2. The summed E-state index contributed by atoms with van der Waals surface area (Å²) >= 11 is 0. The van der Waals surface area contributed by atoms with E-state index in [4.69, 9.17) is 25.7 Å². The molecule has 0 saturated carbocycles. The largest absolute Gasteiger partial charge is 0.493 e. The van der Waals surface area contributed by atoms with E-state index in [1.165, 1.54) is 20.2 Å². The van der Waals surface area contributed by atoms with Crippen molar-refractivity contribution in [3.63, 3.8) is 0 Å². The molecule has 0 aromatic heterocycles. The van der Waals surface area contributed by atoms with Crippen LogP contribution < -0.4 is 15.2 Å². The monoisotopic (exact) mass is 310 g/mol. The lowest BCUT2D eigenvalue weighted by Gasteiger charge is -2.08. The summed E-state index contributed by atoms with van der Waals surface area (Å²) in [5, 5.41) is 17.4. The SMILES string of the molecule is COc1cc(/C=C/C=N/C(C#N)=C(\N)C#N)ccc1OC(C)=O. The highest BCUT2D eigenvalue weighted by Crippen LogP contribution is 2.28. The van der Waals surface area contributed by atoms with Crippen molar-refractivity contribution in [1.82, 2.24) is 0 Å². The Hall–Kier alpha value is -3.58. The van der Waals surface area contributed by atoms with E-state index >= 15 is 0 Å². The molecule has 7 heteroatoms. The number of hydrogen-bond donors (Lipinski definition) is 1. The maximum Gasteiger partial charge on any atom is 0.308 e. The van der Waals surface area contributed by atoms with Crippen molar-refractivity contribution in [3.8, 4) is 23.6 Å². The first-order valence-electron chi connectivity index (χ1n) is 6.39. The Morgan fingerprint density at radius 3 is 2.61 bits per heavy atom. The van der Waals surface area contributed by atoms with Gasteiger partial charge >= 0.3 is 5.97 Å². The van der Waals surface area contributed by atoms with Crippen LogP contribution in [0, 0.1) is 22.7 Å². The van der Waals surface area contributed by atoms with Crippen LogP contribution in [0.4, 0.5) is 0 Å². The van der Waals surface area contributed by atoms with Crippen molar-refractivity contribution in [2.45, 2.75) is 6.92 Å². The van der Waals surface area contributed by atoms with Crippen LogP contribution in [0.1, 0.15) is 12.5 Å². The van der Waals surface area contributed by atoms with Crippen LogP contribution in [0.25, 0.3) is 6.08 Å². The number of aliphatic imine (C=N–C) groups is 1. The number of carbonyl (C=O) groups is 1. The van der Waals surface area contributed by atoms with Gasteiger partial charge in [0, 0.05) is 13.1 Å². The predicted molar refractivity (Wildman–Crippen MR) is 84.3 cm³/mol. The zero-order valence-electron chi connectivity index (χ0n) is 12.6. The molecule has 0 spiro atoms. The molecule has 7 nitrogen and oxygen atoms in total. The molecule has 0 unspecified atom stereocenters. The molecule has 0 aliphatic carbocycles. The smallest absolute Gasteiger partial charge is 0.308 e. The van der Waals surface area contributed by atoms with E-state index in [2.05, 4.69) is 4.99 Å². The van der Waals surface area contributed by atoms with Gasteiger partial charge in [0.1, 0.15) is 17.8 Å². The van der Waals surface area contributed by atoms with Crippen molar-refractivity contribution in [2.24, 2.45) is 10.7 Å². The summed E-state index contributed by atoms with van der Waals surface area (Å²) < 4.78 is 10.1. The standard InChI is InChI=1S/C16H14N4O3/c1-11(21)23-15-6-5-12(8-16(15)22-2)4-3-7-20-14(10-18)13(19)9-17/h3-8H,19H2,1-2H3/b4-3+,14-13-,20-7+. The van der Waals surface area contributed by atoms with Gasteiger partial charge in [-0.25, -0.2) is 4.99 Å². The predicted octanol–water partition coefficient (Wildman–Crippen LogP) is 1.92. The third kappa shape index (κ3) is 5.37. The quantitative estimate of drug-likeness (QED) is 0.384. The molecule has 1 aromatic carbocycles. The van der Waals surface area contributed by atoms with Crippen molar-refractivity contribution < 1.29 is 14.3 Å². The lowest BCUT2D eigenvalue weighted by molar-refractivity contribution is -0.132. The Balaban J connectivity index is 2.92. The number of esters is 1. The highest BCUT2D eigenvalue weighted by atomic mass is 16.6. The zero-order valence-corrected chi connectivity index (χ0v) is 12.6. The summed E-state index contributed by atoms with van der Waals surface area (Å²) in [5.74, 6) is 0.289. The highest BCUT2D eigenvalue weighted by molar-refractivity contribution is 5.80. The van der Waals surface area contributed by atoms with Gasteiger partial charge in [-0.05, 0) is 23.8 Å². The molecule has 0 aliphatic heterocycles. The van der Waals surface area contributed by atoms with Gasteiger partial charge in [-0.2, -0.15) is 10.5 Å². The van der Waals surface area contributed by atoms with Gasteiger partial charge in [0.15, 0.2) is 17.2 Å². The van der Waals surface area contributed by atoms with Gasteiger partial charge in [0.05, 0.1) is 7.11 Å². The molecule has 0 saturated heterocycles. The van der Waals surface area contributed by atoms with E-state index in [1.54, 1.807) is 42.5 Å². The van der Waals surface area contributed by atoms with Gasteiger partial charge in [0.25, 0.3) is 0 Å². The Bertz CT molecular complexity index is 765. The van der Waals surface area contributed by atoms with Crippen LogP contribution in [0.3, 0.4) is 0 Å². The van der Waals surface area contributed by atoms with Crippen LogP contribution >= 0.6 is 0 Å². The summed E-state index contributed by atoms with van der Waals surface area (Å²) in [6.45, 7) is 1.30. The first kappa shape index (κ1) is 17.5. The second-order valence-corrected chi connectivity index (χ2v) is 4.13. The lowest BCUT2D eigenvalue weighted by Crippen LogP contribution is -2.02. The molecular weight excluding hydrogens is 296 g/mol. The molecule has 0 bridgehead atoms. The third-order valence-corrected chi connectivity index (χ3v) is 2.50. The molecule has 23 heavy (non-hydrogen) atoms. The Morgan fingerprint density at radius 1 is 1.30 bits per heavy atom. The Labute approximate surface area is 133 Å². The topological polar surface area (TPSA) is 121 Å². The number of nitrogens with two attached hydrogens (primary N) is 1. The highest BCUT2D eigenvalue weighted by Gasteiger charge is 2.06. The van der Waals surface area contributed by atoms with Crippen LogP contribution in [0.15, 0.2) is 40.7 Å². The first-order chi connectivity index (χ1) is 11.0. The molecule has 0 aliphatic rings. The van der Waals surface area contributed by atoms with Crippen LogP contribution in [0.5, 0.6) is 11.5 Å². The van der Waals surface area contributed by atoms with E-state index in [9.17, 15) is 4.79 Å². The van der Waals surface area contributed by atoms with E-state index in [1.807, 2.05) is 0 Å². The third-order valence-electron chi connectivity index (χ3n) is 2.50. The van der Waals surface area contributed by atoms with Gasteiger partial charge in [-0.3, -0.25) is 4.79 Å². The molecular formula is C16H14N4O3. The number of rotatable bonds is 5. The van der Waals surface area contributed by atoms with Crippen molar-refractivity contribution in [2.75, 3.05) is 7.11 Å². The van der Waals surface area contributed by atoms with Gasteiger partial charge < -0.3 is 15.2 Å². The normalized spacial score (nSPS) is 11.7. The fourth-order valence-corrected chi connectivity index (χ4v) is 1.51. The van der Waals surface area contributed by atoms with Crippen LogP contribution in [-0.2, 0) is 4.79 Å². The molecule has 0 heterocycles. The number of allylic oxidation sites excluding steroid dienone is 3. The minimum Gasteiger partial charge on any atom is -0.493 e. The van der Waals surface area contributed by atoms with Crippen molar-refractivity contribution in [3.05, 3.63) is 41.2 Å². The summed E-state index contributed by atoms with van der Waals surface area (Å²) in [7, 11) is 1.46. The van der Waals surface area contributed by atoms with E-state index in [-0.39, 0.29) is 11.4 Å². The molecule has 0 atom stereocenters. The fourth-order valence-electron chi connectivity index (χ4n) is 1.51. The number of nitrogens with zero attached hydrogens (tertiary/aromatic N) is 3. The number of hydrogen-bond acceptors (Lipinski definition) is 7. The van der Waals surface area contributed by atoms with Crippen LogP contribution in [0.2, 0.25) is 0 Å². The minimum absolute atomic E-state index is 0.153. The Morgan fingerprint density at radius 2 is 2.04 bits per heavy atom. The number of carbonyl (C=O) groups excluding carboxylic acids is 1. The molecule has 0 fully saturated rings. The molecule has 1 aromatic rings. The second kappa shape index (κ2) is 8.65. The van der Waals surface area contributed by atoms with Gasteiger partial charge in [-0.1, -0.05) is 12.1 Å². The summed E-state index contributed by atoms with van der Waals surface area (Å²) in [5.41, 5.74) is 5.68. The maximum absolute atomic E-state index is 11.0. The van der Waals surface area contributed by atoms with E-state index in [0.717, 1.165) is 5.56 Å².